The van der Waals surface area contributed by atoms with Crippen LogP contribution in [0.5, 0.6) is 0 Å². The molecule has 0 radical (unpaired) electrons. The maximum Gasteiger partial charge on any atom is 0.250 e. The molecule has 22 heavy (non-hydrogen) atoms. The molecule has 4 rings (SSSR count). The Labute approximate surface area is 135 Å². The zero-order valence-electron chi connectivity index (χ0n) is 12.8. The molecule has 1 aromatic heterocycles. The number of fused-ring (bicyclic) bond motifs is 1. The summed E-state index contributed by atoms with van der Waals surface area (Å²) in [5.41, 5.74) is 3.46. The van der Waals surface area contributed by atoms with Crippen LogP contribution in [0.25, 0.3) is 0 Å². The highest BCUT2D eigenvalue weighted by atomic mass is 32.1. The van der Waals surface area contributed by atoms with E-state index >= 15 is 0 Å². The lowest BCUT2D eigenvalue weighted by Gasteiger charge is -2.34. The predicted molar refractivity (Wildman–Crippen MR) is 87.9 cm³/mol. The van der Waals surface area contributed by atoms with Gasteiger partial charge in [-0.25, -0.2) is 5.43 Å². The maximum absolute atomic E-state index is 12.8. The van der Waals surface area contributed by atoms with Gasteiger partial charge in [0, 0.05) is 30.2 Å². The molecule has 1 N–H and O–H groups in total. The van der Waals surface area contributed by atoms with Crippen LogP contribution in [0.3, 0.4) is 0 Å². The normalized spacial score (nSPS) is 29.2. The summed E-state index contributed by atoms with van der Waals surface area (Å²) in [6, 6.07) is 4.45. The summed E-state index contributed by atoms with van der Waals surface area (Å²) in [6.07, 6.45) is 11.5. The van der Waals surface area contributed by atoms with E-state index in [4.69, 9.17) is 0 Å². The summed E-state index contributed by atoms with van der Waals surface area (Å²) in [5, 5.41) is 4.10. The van der Waals surface area contributed by atoms with Crippen molar-refractivity contribution in [1.29, 1.82) is 0 Å². The van der Waals surface area contributed by atoms with E-state index in [1.54, 1.807) is 11.3 Å². The molecule has 1 aromatic rings. The van der Waals surface area contributed by atoms with Crippen molar-refractivity contribution in [2.75, 3.05) is 6.54 Å². The third-order valence-electron chi connectivity index (χ3n) is 5.14. The van der Waals surface area contributed by atoms with E-state index in [0.29, 0.717) is 5.92 Å². The highest BCUT2D eigenvalue weighted by molar-refractivity contribution is 7.10. The van der Waals surface area contributed by atoms with Gasteiger partial charge in [0.05, 0.1) is 6.04 Å². The molecular formula is C17H23N3OS. The van der Waals surface area contributed by atoms with E-state index < -0.39 is 0 Å². The lowest BCUT2D eigenvalue weighted by molar-refractivity contribution is -0.135. The molecule has 3 aliphatic rings. The monoisotopic (exact) mass is 317 g/mol. The van der Waals surface area contributed by atoms with Crippen molar-refractivity contribution in [2.45, 2.75) is 50.6 Å². The predicted octanol–water partition coefficient (Wildman–Crippen LogP) is 3.26. The number of hydrogen-bond donors (Lipinski definition) is 1. The van der Waals surface area contributed by atoms with Crippen LogP contribution in [0.2, 0.25) is 0 Å². The quantitative estimate of drug-likeness (QED) is 0.929. The molecule has 3 heterocycles. The Morgan fingerprint density at radius 3 is 2.86 bits per heavy atom. The van der Waals surface area contributed by atoms with Gasteiger partial charge in [-0.2, -0.15) is 0 Å². The Morgan fingerprint density at radius 1 is 1.23 bits per heavy atom. The second kappa shape index (κ2) is 6.05. The van der Waals surface area contributed by atoms with Crippen molar-refractivity contribution in [3.8, 4) is 0 Å². The Bertz CT molecular complexity index is 550. The molecule has 1 saturated heterocycles. The zero-order chi connectivity index (χ0) is 14.9. The molecule has 5 heteroatoms. The number of hydrogen-bond acceptors (Lipinski definition) is 4. The van der Waals surface area contributed by atoms with Gasteiger partial charge in [0.2, 0.25) is 0 Å². The van der Waals surface area contributed by atoms with Crippen LogP contribution in [-0.2, 0) is 4.79 Å². The average Bonchev–Trinajstić information content (AvgIpc) is 3.20. The number of rotatable bonds is 3. The summed E-state index contributed by atoms with van der Waals surface area (Å²) >= 11 is 1.76. The fraction of sp³-hybridized carbons (Fsp3) is 0.588. The van der Waals surface area contributed by atoms with Crippen LogP contribution in [-0.4, -0.2) is 28.4 Å². The number of amides is 1. The fourth-order valence-corrected chi connectivity index (χ4v) is 4.70. The second-order valence-electron chi connectivity index (χ2n) is 6.65. The third-order valence-corrected chi connectivity index (χ3v) is 6.13. The molecule has 1 aliphatic carbocycles. The molecule has 4 nitrogen and oxygen atoms in total. The van der Waals surface area contributed by atoms with Crippen LogP contribution in [0.4, 0.5) is 0 Å². The first-order valence-electron chi connectivity index (χ1n) is 8.38. The fourth-order valence-electron chi connectivity index (χ4n) is 3.91. The van der Waals surface area contributed by atoms with Crippen molar-refractivity contribution >= 4 is 17.2 Å². The molecular weight excluding hydrogens is 294 g/mol. The molecule has 2 atom stereocenters. The molecule has 118 valence electrons. The lowest BCUT2D eigenvalue weighted by Crippen LogP contribution is -2.49. The lowest BCUT2D eigenvalue weighted by atomic mass is 9.89. The molecule has 2 fully saturated rings. The van der Waals surface area contributed by atoms with Gasteiger partial charge in [-0.15, -0.1) is 11.3 Å². The molecule has 2 aliphatic heterocycles. The van der Waals surface area contributed by atoms with E-state index in [9.17, 15) is 4.79 Å². The highest BCUT2D eigenvalue weighted by Gasteiger charge is 2.40. The summed E-state index contributed by atoms with van der Waals surface area (Å²) in [5.74, 6) is 0.955. The molecule has 0 spiro atoms. The van der Waals surface area contributed by atoms with Crippen LogP contribution >= 0.6 is 11.3 Å². The standard InChI is InChI=1S/C17H23N3OS/c21-17-15-11-14(16-7-4-10-22-16)18-20(15)9-8-19(17)12-13-5-2-1-3-6-13/h4,7-10,13-15,18H,1-3,5-6,11-12H2. The minimum absolute atomic E-state index is 0.0410. The van der Waals surface area contributed by atoms with Gasteiger partial charge in [0.15, 0.2) is 0 Å². The summed E-state index contributed by atoms with van der Waals surface area (Å²) in [6.45, 7) is 0.906. The summed E-state index contributed by atoms with van der Waals surface area (Å²) in [4.78, 5) is 16.1. The van der Waals surface area contributed by atoms with Gasteiger partial charge in [-0.05, 0) is 30.2 Å². The van der Waals surface area contributed by atoms with Crippen molar-refractivity contribution in [1.82, 2.24) is 15.3 Å². The van der Waals surface area contributed by atoms with E-state index in [0.717, 1.165) is 13.0 Å². The van der Waals surface area contributed by atoms with Gasteiger partial charge in [-0.1, -0.05) is 25.3 Å². The van der Waals surface area contributed by atoms with Gasteiger partial charge < -0.3 is 9.91 Å². The smallest absolute Gasteiger partial charge is 0.250 e. The number of carbonyl (C=O) groups is 1. The zero-order valence-corrected chi connectivity index (χ0v) is 13.6. The maximum atomic E-state index is 12.8. The van der Waals surface area contributed by atoms with Crippen LogP contribution < -0.4 is 5.43 Å². The first-order chi connectivity index (χ1) is 10.8. The topological polar surface area (TPSA) is 35.6 Å². The van der Waals surface area contributed by atoms with Gasteiger partial charge in [0.25, 0.3) is 5.91 Å². The molecule has 1 saturated carbocycles. The first kappa shape index (κ1) is 14.3. The number of thiophene rings is 1. The van der Waals surface area contributed by atoms with Crippen LogP contribution in [0.15, 0.2) is 29.9 Å². The number of hydrazine groups is 1. The number of carbonyl (C=O) groups excluding carboxylic acids is 1. The second-order valence-corrected chi connectivity index (χ2v) is 7.63. The van der Waals surface area contributed by atoms with E-state index in [-0.39, 0.29) is 18.0 Å². The van der Waals surface area contributed by atoms with Gasteiger partial charge in [-0.3, -0.25) is 4.79 Å². The van der Waals surface area contributed by atoms with Gasteiger partial charge >= 0.3 is 0 Å². The average molecular weight is 317 g/mol. The van der Waals surface area contributed by atoms with E-state index in [2.05, 4.69) is 22.9 Å². The first-order valence-corrected chi connectivity index (χ1v) is 9.26. The molecule has 2 unspecified atom stereocenters. The Balaban J connectivity index is 1.42. The highest BCUT2D eigenvalue weighted by Crippen LogP contribution is 2.33. The van der Waals surface area contributed by atoms with Crippen molar-refractivity contribution < 1.29 is 4.79 Å². The summed E-state index contributed by atoms with van der Waals surface area (Å²) in [7, 11) is 0. The number of nitrogens with one attached hydrogen (secondary N) is 1. The van der Waals surface area contributed by atoms with Crippen molar-refractivity contribution in [2.24, 2.45) is 5.92 Å². The third kappa shape index (κ3) is 2.68. The van der Waals surface area contributed by atoms with Gasteiger partial charge in [0.1, 0.15) is 6.04 Å². The number of nitrogens with zero attached hydrogens (tertiary/aromatic N) is 2. The molecule has 1 amide bonds. The summed E-state index contributed by atoms with van der Waals surface area (Å²) < 4.78 is 0. The minimum atomic E-state index is -0.0410. The van der Waals surface area contributed by atoms with Crippen molar-refractivity contribution in [3.63, 3.8) is 0 Å². The van der Waals surface area contributed by atoms with E-state index in [1.807, 2.05) is 22.3 Å². The van der Waals surface area contributed by atoms with E-state index in [1.165, 1.54) is 37.0 Å². The molecule has 0 aromatic carbocycles. The molecule has 0 bridgehead atoms. The minimum Gasteiger partial charge on any atom is -0.315 e. The van der Waals surface area contributed by atoms with Crippen LogP contribution in [0.1, 0.15) is 49.4 Å². The Kier molecular flexibility index (Phi) is 3.92. The SMILES string of the molecule is O=C1C2CC(c3cccs3)NN2C=CN1CC1CCCCC1. The Hall–Kier alpha value is -1.33. The van der Waals surface area contributed by atoms with Crippen LogP contribution in [0, 0.1) is 5.92 Å². The largest absolute Gasteiger partial charge is 0.315 e. The Morgan fingerprint density at radius 2 is 2.09 bits per heavy atom. The van der Waals surface area contributed by atoms with Crippen molar-refractivity contribution in [3.05, 3.63) is 34.8 Å².